The Morgan fingerprint density at radius 2 is 2.00 bits per heavy atom. The van der Waals surface area contributed by atoms with Crippen LogP contribution in [0.4, 0.5) is 8.78 Å². The van der Waals surface area contributed by atoms with Crippen LogP contribution in [-0.2, 0) is 4.79 Å². The Balaban J connectivity index is 3.19. The third-order valence-electron chi connectivity index (χ3n) is 2.39. The molecule has 0 aliphatic carbocycles. The summed E-state index contributed by atoms with van der Waals surface area (Å²) in [6, 6.07) is 3.26. The highest BCUT2D eigenvalue weighted by molar-refractivity contribution is 9.09. The first kappa shape index (κ1) is 16.5. The van der Waals surface area contributed by atoms with E-state index in [2.05, 4.69) is 20.7 Å². The van der Waals surface area contributed by atoms with Crippen LogP contribution in [0.15, 0.2) is 18.2 Å². The average Bonchev–Trinajstić information content (AvgIpc) is 2.37. The van der Waals surface area contributed by atoms with Gasteiger partial charge in [0.1, 0.15) is 5.75 Å². The smallest absolute Gasteiger partial charge is 0.387 e. The first-order chi connectivity index (χ1) is 9.36. The zero-order valence-corrected chi connectivity index (χ0v) is 11.6. The van der Waals surface area contributed by atoms with E-state index in [1.54, 1.807) is 0 Å². The highest BCUT2D eigenvalue weighted by Gasteiger charge is 2.21. The van der Waals surface area contributed by atoms with Gasteiger partial charge in [0, 0.05) is 11.8 Å². The third-order valence-corrected chi connectivity index (χ3v) is 2.79. The monoisotopic (exact) mass is 352 g/mol. The van der Waals surface area contributed by atoms with E-state index in [1.807, 2.05) is 0 Å². The molecule has 0 radical (unpaired) electrons. The van der Waals surface area contributed by atoms with Crippen molar-refractivity contribution < 1.29 is 33.3 Å². The second-order valence-corrected chi connectivity index (χ2v) is 4.53. The fraction of sp³-hybridized carbons (Fsp3) is 0.333. The Morgan fingerprint density at radius 3 is 2.50 bits per heavy atom. The first-order valence-corrected chi connectivity index (χ1v) is 6.57. The van der Waals surface area contributed by atoms with Crippen LogP contribution in [0.25, 0.3) is 0 Å². The maximum absolute atomic E-state index is 12.3. The molecule has 0 heterocycles. The Morgan fingerprint density at radius 1 is 1.35 bits per heavy atom. The summed E-state index contributed by atoms with van der Waals surface area (Å²) in [5.41, 5.74) is -0.241. The Labute approximate surface area is 121 Å². The quantitative estimate of drug-likeness (QED) is 0.581. The molecule has 1 unspecified atom stereocenters. The van der Waals surface area contributed by atoms with Gasteiger partial charge in [0.05, 0.1) is 5.56 Å². The van der Waals surface area contributed by atoms with Crippen LogP contribution in [0.2, 0.25) is 0 Å². The molecule has 5 nitrogen and oxygen atoms in total. The van der Waals surface area contributed by atoms with E-state index in [-0.39, 0.29) is 17.5 Å². The maximum Gasteiger partial charge on any atom is 0.387 e. The molecule has 0 saturated heterocycles. The number of ketones is 1. The third kappa shape index (κ3) is 4.24. The molecule has 110 valence electrons. The number of aliphatic carboxylic acids is 1. The molecule has 0 aliphatic rings. The molecular formula is C12H11BrF2O5. The molecule has 1 aromatic carbocycles. The number of alkyl halides is 3. The molecule has 1 atom stereocenters. The highest BCUT2D eigenvalue weighted by Crippen LogP contribution is 2.27. The second kappa shape index (κ2) is 7.30. The van der Waals surface area contributed by atoms with E-state index in [0.29, 0.717) is 5.33 Å². The van der Waals surface area contributed by atoms with Gasteiger partial charge in [-0.15, -0.1) is 0 Å². The molecule has 0 aromatic heterocycles. The minimum absolute atomic E-state index is 0.0699. The number of ether oxygens (including phenoxy) is 1. The number of Topliss-reactive ketones (excluding diaryl/α,β-unsaturated/α-hetero) is 1. The number of benzene rings is 1. The lowest BCUT2D eigenvalue weighted by molar-refractivity contribution is -0.146. The van der Waals surface area contributed by atoms with Crippen molar-refractivity contribution in [3.05, 3.63) is 29.3 Å². The van der Waals surface area contributed by atoms with Crippen LogP contribution in [0.3, 0.4) is 0 Å². The van der Waals surface area contributed by atoms with Crippen molar-refractivity contribution >= 4 is 27.7 Å². The summed E-state index contributed by atoms with van der Waals surface area (Å²) in [5.74, 6) is -2.43. The first-order valence-electron chi connectivity index (χ1n) is 5.45. The van der Waals surface area contributed by atoms with Gasteiger partial charge >= 0.3 is 12.6 Å². The summed E-state index contributed by atoms with van der Waals surface area (Å²) in [7, 11) is 0. The van der Waals surface area contributed by atoms with Gasteiger partial charge in [-0.3, -0.25) is 4.79 Å². The van der Waals surface area contributed by atoms with Gasteiger partial charge in [-0.2, -0.15) is 8.78 Å². The van der Waals surface area contributed by atoms with Crippen molar-refractivity contribution in [2.24, 2.45) is 0 Å². The number of carbonyl (C=O) groups is 2. The number of halogens is 3. The summed E-state index contributed by atoms with van der Waals surface area (Å²) >= 11 is 3.05. The summed E-state index contributed by atoms with van der Waals surface area (Å²) < 4.78 is 28.8. The van der Waals surface area contributed by atoms with Crippen LogP contribution in [-0.4, -0.2) is 33.9 Å². The zero-order valence-electron chi connectivity index (χ0n) is 10.1. The fourth-order valence-corrected chi connectivity index (χ4v) is 1.86. The SMILES string of the molecule is O=C(CCBr)c1ccc(C(O)C(=O)O)cc1OC(F)F. The topological polar surface area (TPSA) is 83.8 Å². The minimum Gasteiger partial charge on any atom is -0.479 e. The van der Waals surface area contributed by atoms with Crippen molar-refractivity contribution in [3.63, 3.8) is 0 Å². The van der Waals surface area contributed by atoms with Crippen molar-refractivity contribution in [2.45, 2.75) is 19.1 Å². The summed E-state index contributed by atoms with van der Waals surface area (Å²) in [6.07, 6.45) is -1.81. The number of carboxylic acids is 1. The summed E-state index contributed by atoms with van der Waals surface area (Å²) in [5, 5.41) is 18.4. The van der Waals surface area contributed by atoms with Gasteiger partial charge in [0.25, 0.3) is 0 Å². The number of aliphatic hydroxyl groups excluding tert-OH is 1. The van der Waals surface area contributed by atoms with Crippen molar-refractivity contribution in [2.75, 3.05) is 5.33 Å². The Kier molecular flexibility index (Phi) is 6.03. The Bertz CT molecular complexity index is 507. The molecule has 1 rings (SSSR count). The van der Waals surface area contributed by atoms with Crippen molar-refractivity contribution in [1.82, 2.24) is 0 Å². The average molecular weight is 353 g/mol. The molecule has 0 saturated carbocycles. The van der Waals surface area contributed by atoms with E-state index in [0.717, 1.165) is 12.1 Å². The normalized spacial score (nSPS) is 12.2. The lowest BCUT2D eigenvalue weighted by Crippen LogP contribution is -2.13. The predicted molar refractivity (Wildman–Crippen MR) is 68.4 cm³/mol. The number of carboxylic acid groups (broad SMARTS) is 1. The molecule has 1 aromatic rings. The largest absolute Gasteiger partial charge is 0.479 e. The van der Waals surface area contributed by atoms with Crippen LogP contribution in [0.1, 0.15) is 28.4 Å². The molecule has 0 aliphatic heterocycles. The zero-order chi connectivity index (χ0) is 15.3. The highest BCUT2D eigenvalue weighted by atomic mass is 79.9. The van der Waals surface area contributed by atoms with Gasteiger partial charge in [0.15, 0.2) is 11.9 Å². The van der Waals surface area contributed by atoms with Gasteiger partial charge in [-0.1, -0.05) is 22.0 Å². The van der Waals surface area contributed by atoms with E-state index >= 15 is 0 Å². The standard InChI is InChI=1S/C12H11BrF2O5/c13-4-3-8(16)7-2-1-6(10(17)11(18)19)5-9(7)20-12(14)15/h1-2,5,10,12,17H,3-4H2,(H,18,19). The van der Waals surface area contributed by atoms with Crippen LogP contribution < -0.4 is 4.74 Å². The maximum atomic E-state index is 12.3. The van der Waals surface area contributed by atoms with E-state index < -0.39 is 30.2 Å². The van der Waals surface area contributed by atoms with Crippen LogP contribution >= 0.6 is 15.9 Å². The number of hydrogen-bond acceptors (Lipinski definition) is 4. The molecule has 0 bridgehead atoms. The molecule has 0 amide bonds. The molecule has 0 spiro atoms. The molecule has 2 N–H and O–H groups in total. The molecular weight excluding hydrogens is 342 g/mol. The molecule has 8 heteroatoms. The number of aliphatic hydroxyl groups is 1. The molecule has 20 heavy (non-hydrogen) atoms. The van der Waals surface area contributed by atoms with E-state index in [4.69, 9.17) is 5.11 Å². The van der Waals surface area contributed by atoms with Gasteiger partial charge in [-0.05, 0) is 17.7 Å². The van der Waals surface area contributed by atoms with Gasteiger partial charge in [-0.25, -0.2) is 4.79 Å². The predicted octanol–water partition coefficient (Wildman–Crippen LogP) is 2.37. The van der Waals surface area contributed by atoms with Crippen molar-refractivity contribution in [1.29, 1.82) is 0 Å². The lowest BCUT2D eigenvalue weighted by Gasteiger charge is -2.13. The van der Waals surface area contributed by atoms with Crippen LogP contribution in [0.5, 0.6) is 5.75 Å². The van der Waals surface area contributed by atoms with E-state index in [1.165, 1.54) is 6.07 Å². The molecule has 0 fully saturated rings. The Hall–Kier alpha value is -1.54. The van der Waals surface area contributed by atoms with Crippen LogP contribution in [0, 0.1) is 0 Å². The van der Waals surface area contributed by atoms with Gasteiger partial charge < -0.3 is 14.9 Å². The fourth-order valence-electron chi connectivity index (χ4n) is 1.50. The number of rotatable bonds is 7. The minimum atomic E-state index is -3.16. The van der Waals surface area contributed by atoms with Crippen molar-refractivity contribution in [3.8, 4) is 5.75 Å². The number of hydrogen-bond donors (Lipinski definition) is 2. The summed E-state index contributed by atoms with van der Waals surface area (Å²) in [4.78, 5) is 22.4. The van der Waals surface area contributed by atoms with Gasteiger partial charge in [0.2, 0.25) is 0 Å². The summed E-state index contributed by atoms with van der Waals surface area (Å²) in [6.45, 7) is -3.16. The second-order valence-electron chi connectivity index (χ2n) is 3.74. The lowest BCUT2D eigenvalue weighted by atomic mass is 10.0. The van der Waals surface area contributed by atoms with E-state index in [9.17, 15) is 23.5 Å². The number of carbonyl (C=O) groups excluding carboxylic acids is 1.